The van der Waals surface area contributed by atoms with Crippen molar-refractivity contribution in [2.24, 2.45) is 5.41 Å². The van der Waals surface area contributed by atoms with Crippen molar-refractivity contribution in [3.05, 3.63) is 24.7 Å². The van der Waals surface area contributed by atoms with Gasteiger partial charge in [0.1, 0.15) is 37.4 Å². The van der Waals surface area contributed by atoms with E-state index in [1.54, 1.807) is 0 Å². The Balaban J connectivity index is 0.000000486. The molecule has 1 saturated heterocycles. The maximum absolute atomic E-state index is 10.6. The monoisotopic (exact) mass is 280 g/mol. The van der Waals surface area contributed by atoms with Gasteiger partial charge in [0, 0.05) is 1.37 Å². The van der Waals surface area contributed by atoms with E-state index >= 15 is 0 Å². The van der Waals surface area contributed by atoms with Crippen molar-refractivity contribution < 1.29 is 25.1 Å². The molecule has 0 amide bonds. The highest BCUT2D eigenvalue weighted by Gasteiger charge is 2.37. The molecular formula is C15H18O5. The van der Waals surface area contributed by atoms with Crippen molar-refractivity contribution in [3.8, 4) is 24.9 Å². The topological polar surface area (TPSA) is 54.0 Å². The molecule has 1 aliphatic rings. The summed E-state index contributed by atoms with van der Waals surface area (Å²) in [6, 6.07) is 0. The zero-order valence-electron chi connectivity index (χ0n) is 12.4. The first-order chi connectivity index (χ1) is 9.89. The molecule has 0 atom stereocenters. The van der Waals surface area contributed by atoms with Crippen molar-refractivity contribution in [1.82, 2.24) is 0 Å². The number of rotatable bonds is 4. The van der Waals surface area contributed by atoms with Gasteiger partial charge in [-0.15, -0.1) is 6.42 Å². The highest BCUT2D eigenvalue weighted by Crippen LogP contribution is 2.30. The minimum atomic E-state index is -0.660. The molecule has 5 heteroatoms. The highest BCUT2D eigenvalue weighted by molar-refractivity contribution is 5.60. The van der Waals surface area contributed by atoms with Gasteiger partial charge in [-0.1, -0.05) is 25.5 Å². The Morgan fingerprint density at radius 3 is 2.50 bits per heavy atom. The average Bonchev–Trinajstić information content (AvgIpc) is 2.48. The van der Waals surface area contributed by atoms with Gasteiger partial charge in [-0.2, -0.15) is 0 Å². The molecule has 0 spiro atoms. The molecule has 5 nitrogen and oxygen atoms in total. The Morgan fingerprint density at radius 1 is 1.50 bits per heavy atom. The van der Waals surface area contributed by atoms with Gasteiger partial charge in [0.15, 0.2) is 0 Å². The number of terminal acetylenes is 2. The summed E-state index contributed by atoms with van der Waals surface area (Å²) in [6.07, 6.45) is 11.0. The van der Waals surface area contributed by atoms with E-state index < -0.39 is 11.6 Å². The fourth-order valence-corrected chi connectivity index (χ4v) is 1.07. The Hall–Kier alpha value is -2.53. The molecule has 1 aliphatic heterocycles. The summed E-state index contributed by atoms with van der Waals surface area (Å²) in [6.45, 7) is 9.46. The van der Waals surface area contributed by atoms with E-state index in [4.69, 9.17) is 22.0 Å². The van der Waals surface area contributed by atoms with Gasteiger partial charge < -0.3 is 18.9 Å². The fraction of sp³-hybridized carbons (Fsp3) is 0.400. The van der Waals surface area contributed by atoms with Crippen LogP contribution in [0.1, 0.15) is 15.2 Å². The molecule has 1 rings (SSSR count). The van der Waals surface area contributed by atoms with Crippen LogP contribution in [0.3, 0.4) is 0 Å². The van der Waals surface area contributed by atoms with Crippen LogP contribution in [-0.2, 0) is 18.9 Å². The number of cyclic esters (lactones) is 2. The SMILES string of the molecule is C#CCOC(=C)C1(C)COC(=O)OC1.[3H]CC(=C)OC#C. The Kier molecular flexibility index (Phi) is 6.64. The van der Waals surface area contributed by atoms with Crippen molar-refractivity contribution in [2.75, 3.05) is 19.8 Å². The molecule has 0 bridgehead atoms. The molecule has 0 aromatic rings. The lowest BCUT2D eigenvalue weighted by atomic mass is 9.90. The lowest BCUT2D eigenvalue weighted by molar-refractivity contribution is -0.0553. The summed E-state index contributed by atoms with van der Waals surface area (Å²) < 4.78 is 25.6. The van der Waals surface area contributed by atoms with Gasteiger partial charge in [-0.05, 0) is 13.8 Å². The van der Waals surface area contributed by atoms with E-state index in [2.05, 4.69) is 30.2 Å². The number of carbonyl (C=O) groups is 1. The molecule has 0 saturated carbocycles. The number of hydrogen-bond acceptors (Lipinski definition) is 5. The van der Waals surface area contributed by atoms with Crippen molar-refractivity contribution in [3.63, 3.8) is 0 Å². The second-order valence-electron chi connectivity index (χ2n) is 4.06. The van der Waals surface area contributed by atoms with Crippen LogP contribution >= 0.6 is 0 Å². The maximum atomic E-state index is 10.6. The lowest BCUT2D eigenvalue weighted by Crippen LogP contribution is -2.38. The smallest absolute Gasteiger partial charge is 0.485 e. The highest BCUT2D eigenvalue weighted by atomic mass is 16.7. The largest absolute Gasteiger partial charge is 0.508 e. The molecule has 0 unspecified atom stereocenters. The molecule has 108 valence electrons. The summed E-state index contributed by atoms with van der Waals surface area (Å²) in [5, 5.41) is 0. The Bertz CT molecular complexity index is 459. The van der Waals surface area contributed by atoms with E-state index in [-0.39, 0.29) is 26.7 Å². The van der Waals surface area contributed by atoms with Crippen LogP contribution in [0, 0.1) is 30.3 Å². The first-order valence-electron chi connectivity index (χ1n) is 6.25. The number of hydrogen-bond donors (Lipinski definition) is 0. The second-order valence-corrected chi connectivity index (χ2v) is 4.06. The van der Waals surface area contributed by atoms with Crippen LogP contribution < -0.4 is 0 Å². The minimum Gasteiger partial charge on any atom is -0.485 e. The molecule has 0 aromatic heterocycles. The van der Waals surface area contributed by atoms with Gasteiger partial charge in [0.25, 0.3) is 0 Å². The van der Waals surface area contributed by atoms with Crippen LogP contribution in [0.2, 0.25) is 0 Å². The molecule has 0 N–H and O–H groups in total. The minimum absolute atomic E-state index is 0.0319. The molecular weight excluding hydrogens is 260 g/mol. The van der Waals surface area contributed by atoms with E-state index in [0.717, 1.165) is 0 Å². The van der Waals surface area contributed by atoms with Crippen LogP contribution in [-0.4, -0.2) is 26.0 Å². The lowest BCUT2D eigenvalue weighted by Gasteiger charge is -2.32. The third-order valence-electron chi connectivity index (χ3n) is 2.22. The van der Waals surface area contributed by atoms with Crippen molar-refractivity contribution >= 4 is 6.16 Å². The van der Waals surface area contributed by atoms with E-state index in [1.165, 1.54) is 0 Å². The Labute approximate surface area is 120 Å². The zero-order chi connectivity index (χ0) is 16.3. The summed E-state index contributed by atoms with van der Waals surface area (Å²) in [5.41, 5.74) is -0.509. The number of carbonyl (C=O) groups excluding carboxylic acids is 1. The normalized spacial score (nSPS) is 15.6. The van der Waals surface area contributed by atoms with Crippen LogP contribution in [0.4, 0.5) is 4.79 Å². The molecule has 1 heterocycles. The molecule has 0 aromatic carbocycles. The molecule has 0 aliphatic carbocycles. The first-order valence-corrected chi connectivity index (χ1v) is 5.54. The third kappa shape index (κ3) is 6.42. The Morgan fingerprint density at radius 2 is 2.10 bits per heavy atom. The maximum Gasteiger partial charge on any atom is 0.508 e. The van der Waals surface area contributed by atoms with Gasteiger partial charge in [0.2, 0.25) is 0 Å². The molecule has 1 fully saturated rings. The third-order valence-corrected chi connectivity index (χ3v) is 2.22. The standard InChI is InChI=1S/C10H12O4.C5H6O/c1-4-5-12-8(2)10(3)6-13-9(11)14-7-10;1-4-6-5(2)3/h1H,2,5-7H2,3H3;1H,2H2,3H3/i;3T. The van der Waals surface area contributed by atoms with E-state index in [9.17, 15) is 4.79 Å². The summed E-state index contributed by atoms with van der Waals surface area (Å²) in [5.74, 6) is 3.11. The van der Waals surface area contributed by atoms with Gasteiger partial charge in [0.05, 0.1) is 5.41 Å². The molecule has 20 heavy (non-hydrogen) atoms. The second kappa shape index (κ2) is 8.55. The zero-order valence-corrected chi connectivity index (χ0v) is 11.4. The van der Waals surface area contributed by atoms with E-state index in [1.807, 2.05) is 13.0 Å². The van der Waals surface area contributed by atoms with Crippen molar-refractivity contribution in [1.29, 1.82) is 0 Å². The van der Waals surface area contributed by atoms with E-state index in [0.29, 0.717) is 11.5 Å². The van der Waals surface area contributed by atoms with Crippen molar-refractivity contribution in [2.45, 2.75) is 13.8 Å². The quantitative estimate of drug-likeness (QED) is 0.450. The number of allylic oxidation sites excluding steroid dienone is 1. The average molecular weight is 280 g/mol. The van der Waals surface area contributed by atoms with Crippen LogP contribution in [0.15, 0.2) is 24.7 Å². The molecule has 0 radical (unpaired) electrons. The van der Waals surface area contributed by atoms with Gasteiger partial charge in [-0.25, -0.2) is 4.79 Å². The van der Waals surface area contributed by atoms with Gasteiger partial charge >= 0.3 is 6.16 Å². The van der Waals surface area contributed by atoms with Gasteiger partial charge in [-0.3, -0.25) is 0 Å². The predicted octanol–water partition coefficient (Wildman–Crippen LogP) is 2.45. The predicted molar refractivity (Wildman–Crippen MR) is 74.1 cm³/mol. The van der Waals surface area contributed by atoms with Crippen LogP contribution in [0.5, 0.6) is 0 Å². The number of ether oxygens (including phenoxy) is 4. The fourth-order valence-electron chi connectivity index (χ4n) is 1.07. The summed E-state index contributed by atoms with van der Waals surface area (Å²) >= 11 is 0. The summed E-state index contributed by atoms with van der Waals surface area (Å²) in [4.78, 5) is 10.6. The first kappa shape index (κ1) is 15.5. The van der Waals surface area contributed by atoms with Crippen LogP contribution in [0.25, 0.3) is 0 Å². The summed E-state index contributed by atoms with van der Waals surface area (Å²) in [7, 11) is 0.